The van der Waals surface area contributed by atoms with E-state index in [9.17, 15) is 5.11 Å². The third-order valence-electron chi connectivity index (χ3n) is 2.65. The summed E-state index contributed by atoms with van der Waals surface area (Å²) in [6.07, 6.45) is 0.453. The molecular formula is C14H23N3O. The van der Waals surface area contributed by atoms with Crippen molar-refractivity contribution in [2.75, 3.05) is 13.1 Å². The summed E-state index contributed by atoms with van der Waals surface area (Å²) in [7, 11) is 0. The van der Waals surface area contributed by atoms with Crippen LogP contribution in [0.4, 0.5) is 0 Å². The Hall–Kier alpha value is -1.55. The molecule has 0 radical (unpaired) electrons. The number of aliphatic hydroxyl groups excluding tert-OH is 1. The number of nitrogens with zero attached hydrogens (tertiary/aromatic N) is 1. The molecule has 18 heavy (non-hydrogen) atoms. The van der Waals surface area contributed by atoms with E-state index in [1.54, 1.807) is 0 Å². The summed E-state index contributed by atoms with van der Waals surface area (Å²) < 4.78 is 0. The lowest BCUT2D eigenvalue weighted by molar-refractivity contribution is 0.187. The van der Waals surface area contributed by atoms with Crippen LogP contribution in [-0.4, -0.2) is 24.2 Å². The molecule has 1 aromatic rings. The number of nitrogens with two attached hydrogens (primary N) is 1. The molecule has 100 valence electrons. The van der Waals surface area contributed by atoms with E-state index in [0.717, 1.165) is 18.5 Å². The molecule has 0 aromatic heterocycles. The molecule has 0 bridgehead atoms. The smallest absolute Gasteiger partial charge is 0.188 e. The Morgan fingerprint density at radius 3 is 2.61 bits per heavy atom. The van der Waals surface area contributed by atoms with Gasteiger partial charge in [0.2, 0.25) is 0 Å². The van der Waals surface area contributed by atoms with Crippen molar-refractivity contribution in [2.45, 2.75) is 26.4 Å². The highest BCUT2D eigenvalue weighted by atomic mass is 16.3. The molecule has 0 fully saturated rings. The van der Waals surface area contributed by atoms with Crippen LogP contribution in [0.15, 0.2) is 35.3 Å². The molecule has 0 spiro atoms. The predicted octanol–water partition coefficient (Wildman–Crippen LogP) is 1.67. The fourth-order valence-corrected chi connectivity index (χ4v) is 1.51. The largest absolute Gasteiger partial charge is 0.386 e. The standard InChI is InChI=1S/C14H23N3O/c1-11(2)8-9-16-14(15)17-10-13(18)12-6-4-3-5-7-12/h3-7,11,13,18H,8-10H2,1-2H3,(H3,15,16,17)/t13-/m1/s1. The van der Waals surface area contributed by atoms with Gasteiger partial charge in [-0.1, -0.05) is 44.2 Å². The van der Waals surface area contributed by atoms with Crippen molar-refractivity contribution in [2.24, 2.45) is 16.6 Å². The van der Waals surface area contributed by atoms with Gasteiger partial charge in [-0.2, -0.15) is 0 Å². The van der Waals surface area contributed by atoms with Gasteiger partial charge in [0.15, 0.2) is 5.96 Å². The molecule has 0 aliphatic rings. The summed E-state index contributed by atoms with van der Waals surface area (Å²) in [5, 5.41) is 12.9. The molecule has 1 rings (SSSR count). The van der Waals surface area contributed by atoms with E-state index in [0.29, 0.717) is 11.9 Å². The lowest BCUT2D eigenvalue weighted by Gasteiger charge is -2.10. The second-order valence-electron chi connectivity index (χ2n) is 4.76. The average Bonchev–Trinajstić information content (AvgIpc) is 2.36. The summed E-state index contributed by atoms with van der Waals surface area (Å²) in [6.45, 7) is 5.42. The maximum Gasteiger partial charge on any atom is 0.188 e. The Labute approximate surface area is 109 Å². The van der Waals surface area contributed by atoms with E-state index < -0.39 is 6.10 Å². The first kappa shape index (κ1) is 14.5. The number of benzene rings is 1. The van der Waals surface area contributed by atoms with Crippen LogP contribution in [0, 0.1) is 5.92 Å². The third kappa shape index (κ3) is 5.68. The third-order valence-corrected chi connectivity index (χ3v) is 2.65. The maximum absolute atomic E-state index is 9.89. The topological polar surface area (TPSA) is 70.6 Å². The molecule has 1 aromatic carbocycles. The zero-order chi connectivity index (χ0) is 13.4. The van der Waals surface area contributed by atoms with E-state index in [4.69, 9.17) is 5.73 Å². The Morgan fingerprint density at radius 2 is 2.00 bits per heavy atom. The summed E-state index contributed by atoms with van der Waals surface area (Å²) in [5.74, 6) is 1.03. The normalized spacial score (nSPS) is 13.7. The summed E-state index contributed by atoms with van der Waals surface area (Å²) >= 11 is 0. The van der Waals surface area contributed by atoms with Gasteiger partial charge in [-0.3, -0.25) is 4.99 Å². The van der Waals surface area contributed by atoms with Gasteiger partial charge >= 0.3 is 0 Å². The number of rotatable bonds is 6. The van der Waals surface area contributed by atoms with E-state index in [2.05, 4.69) is 24.2 Å². The Balaban J connectivity index is 2.34. The van der Waals surface area contributed by atoms with Crippen LogP contribution in [0.2, 0.25) is 0 Å². The Bertz CT molecular complexity index is 363. The molecule has 4 nitrogen and oxygen atoms in total. The highest BCUT2D eigenvalue weighted by Crippen LogP contribution is 2.11. The minimum atomic E-state index is -0.600. The fraction of sp³-hybridized carbons (Fsp3) is 0.500. The van der Waals surface area contributed by atoms with Crippen molar-refractivity contribution in [3.05, 3.63) is 35.9 Å². The lowest BCUT2D eigenvalue weighted by atomic mass is 10.1. The van der Waals surface area contributed by atoms with Crippen molar-refractivity contribution < 1.29 is 5.11 Å². The molecule has 0 saturated carbocycles. The highest BCUT2D eigenvalue weighted by Gasteiger charge is 2.05. The van der Waals surface area contributed by atoms with E-state index in [-0.39, 0.29) is 6.54 Å². The molecular weight excluding hydrogens is 226 g/mol. The van der Waals surface area contributed by atoms with Crippen LogP contribution in [0.3, 0.4) is 0 Å². The van der Waals surface area contributed by atoms with E-state index in [1.807, 2.05) is 30.3 Å². The zero-order valence-electron chi connectivity index (χ0n) is 11.1. The monoisotopic (exact) mass is 249 g/mol. The van der Waals surface area contributed by atoms with Gasteiger partial charge in [-0.15, -0.1) is 0 Å². The van der Waals surface area contributed by atoms with Gasteiger partial charge in [0.1, 0.15) is 0 Å². The zero-order valence-corrected chi connectivity index (χ0v) is 11.1. The summed E-state index contributed by atoms with van der Waals surface area (Å²) in [6, 6.07) is 9.46. The summed E-state index contributed by atoms with van der Waals surface area (Å²) in [5.41, 5.74) is 6.57. The van der Waals surface area contributed by atoms with Gasteiger partial charge in [0.05, 0.1) is 12.6 Å². The number of aliphatic imine (C=N–C) groups is 1. The minimum absolute atomic E-state index is 0.282. The van der Waals surface area contributed by atoms with Crippen molar-refractivity contribution >= 4 is 5.96 Å². The van der Waals surface area contributed by atoms with Crippen LogP contribution < -0.4 is 11.1 Å². The second kappa shape index (κ2) is 7.71. The first-order valence-electron chi connectivity index (χ1n) is 6.36. The predicted molar refractivity (Wildman–Crippen MR) is 75.3 cm³/mol. The number of hydrogen-bond acceptors (Lipinski definition) is 2. The number of nitrogens with one attached hydrogen (secondary N) is 1. The summed E-state index contributed by atoms with van der Waals surface area (Å²) in [4.78, 5) is 4.13. The van der Waals surface area contributed by atoms with Crippen molar-refractivity contribution in [3.8, 4) is 0 Å². The molecule has 0 unspecified atom stereocenters. The van der Waals surface area contributed by atoms with Crippen molar-refractivity contribution in [3.63, 3.8) is 0 Å². The number of aliphatic hydroxyl groups is 1. The Morgan fingerprint density at radius 1 is 1.33 bits per heavy atom. The van der Waals surface area contributed by atoms with Crippen LogP contribution in [0.5, 0.6) is 0 Å². The van der Waals surface area contributed by atoms with Crippen LogP contribution in [-0.2, 0) is 0 Å². The molecule has 4 heteroatoms. The van der Waals surface area contributed by atoms with Gasteiger partial charge in [0.25, 0.3) is 0 Å². The second-order valence-corrected chi connectivity index (χ2v) is 4.76. The minimum Gasteiger partial charge on any atom is -0.386 e. The van der Waals surface area contributed by atoms with Crippen LogP contribution >= 0.6 is 0 Å². The van der Waals surface area contributed by atoms with Gasteiger partial charge < -0.3 is 16.2 Å². The van der Waals surface area contributed by atoms with Crippen LogP contribution in [0.25, 0.3) is 0 Å². The molecule has 0 heterocycles. The molecule has 0 aliphatic carbocycles. The molecule has 0 saturated heterocycles. The van der Waals surface area contributed by atoms with Gasteiger partial charge in [0, 0.05) is 6.54 Å². The SMILES string of the molecule is CC(C)CCNC(N)=NC[C@@H](O)c1ccccc1. The molecule has 4 N–H and O–H groups in total. The first-order valence-corrected chi connectivity index (χ1v) is 6.36. The molecule has 1 atom stereocenters. The van der Waals surface area contributed by atoms with Gasteiger partial charge in [-0.25, -0.2) is 0 Å². The molecule has 0 aliphatic heterocycles. The van der Waals surface area contributed by atoms with Crippen molar-refractivity contribution in [1.29, 1.82) is 0 Å². The van der Waals surface area contributed by atoms with Gasteiger partial charge in [-0.05, 0) is 17.9 Å². The highest BCUT2D eigenvalue weighted by molar-refractivity contribution is 5.77. The maximum atomic E-state index is 9.89. The Kier molecular flexibility index (Phi) is 6.22. The fourth-order valence-electron chi connectivity index (χ4n) is 1.51. The number of guanidine groups is 1. The number of hydrogen-bond donors (Lipinski definition) is 3. The first-order chi connectivity index (χ1) is 8.59. The van der Waals surface area contributed by atoms with Crippen molar-refractivity contribution in [1.82, 2.24) is 5.32 Å². The quantitative estimate of drug-likeness (QED) is 0.530. The van der Waals surface area contributed by atoms with E-state index in [1.165, 1.54) is 0 Å². The van der Waals surface area contributed by atoms with Crippen LogP contribution in [0.1, 0.15) is 31.9 Å². The average molecular weight is 249 g/mol. The molecule has 0 amide bonds. The lowest BCUT2D eigenvalue weighted by Crippen LogP contribution is -2.33. The van der Waals surface area contributed by atoms with E-state index >= 15 is 0 Å².